The number of amides is 2. The van der Waals surface area contributed by atoms with Crippen LogP contribution in [0.3, 0.4) is 0 Å². The van der Waals surface area contributed by atoms with Crippen molar-refractivity contribution in [1.29, 1.82) is 0 Å². The van der Waals surface area contributed by atoms with Crippen LogP contribution in [0.5, 0.6) is 0 Å². The summed E-state index contributed by atoms with van der Waals surface area (Å²) in [5, 5.41) is 0. The Bertz CT molecular complexity index is 584. The van der Waals surface area contributed by atoms with Gasteiger partial charge in [0, 0.05) is 6.92 Å². The quantitative estimate of drug-likeness (QED) is 0.637. The van der Waals surface area contributed by atoms with Gasteiger partial charge in [0.2, 0.25) is 5.91 Å². The lowest BCUT2D eigenvalue weighted by molar-refractivity contribution is -0.148. The molecule has 0 heterocycles. The van der Waals surface area contributed by atoms with E-state index in [1.54, 1.807) is 0 Å². The number of esters is 1. The molecule has 0 saturated carbocycles. The van der Waals surface area contributed by atoms with Crippen LogP contribution >= 0.6 is 0 Å². The fourth-order valence-electron chi connectivity index (χ4n) is 2.45. The number of nitrogens with one attached hydrogen (secondary N) is 2. The van der Waals surface area contributed by atoms with Gasteiger partial charge in [0.15, 0.2) is 6.61 Å². The predicted octanol–water partition coefficient (Wildman–Crippen LogP) is 0.818. The highest BCUT2D eigenvalue weighted by molar-refractivity contribution is 5.83. The van der Waals surface area contributed by atoms with Crippen molar-refractivity contribution in [1.82, 2.24) is 10.9 Å². The summed E-state index contributed by atoms with van der Waals surface area (Å²) in [4.78, 5) is 33.6. The lowest BCUT2D eigenvalue weighted by Crippen LogP contribution is -2.42. The summed E-state index contributed by atoms with van der Waals surface area (Å²) < 4.78 is 4.88. The molecule has 0 saturated heterocycles. The van der Waals surface area contributed by atoms with Crippen LogP contribution in [0.1, 0.15) is 36.5 Å². The van der Waals surface area contributed by atoms with E-state index in [0.29, 0.717) is 0 Å². The van der Waals surface area contributed by atoms with Gasteiger partial charge in [-0.2, -0.15) is 0 Å². The predicted molar refractivity (Wildman–Crippen MR) is 79.7 cm³/mol. The van der Waals surface area contributed by atoms with Crippen LogP contribution in [0.15, 0.2) is 18.2 Å². The number of carbonyl (C=O) groups is 3. The Morgan fingerprint density at radius 3 is 2.55 bits per heavy atom. The number of benzene rings is 1. The highest BCUT2D eigenvalue weighted by Crippen LogP contribution is 2.22. The lowest BCUT2D eigenvalue weighted by Gasteiger charge is -2.16. The van der Waals surface area contributed by atoms with E-state index in [0.717, 1.165) is 18.4 Å². The Kier molecular flexibility index (Phi) is 5.52. The first-order valence-electron chi connectivity index (χ1n) is 7.36. The van der Waals surface area contributed by atoms with Crippen molar-refractivity contribution in [3.05, 3.63) is 34.9 Å². The van der Waals surface area contributed by atoms with Gasteiger partial charge in [-0.1, -0.05) is 18.2 Å². The average molecular weight is 304 g/mol. The zero-order chi connectivity index (χ0) is 15.9. The normalized spacial score (nSPS) is 13.0. The number of fused-ring (bicyclic) bond motifs is 1. The van der Waals surface area contributed by atoms with Crippen LogP contribution in [0.25, 0.3) is 0 Å². The second-order valence-electron chi connectivity index (χ2n) is 5.38. The van der Waals surface area contributed by atoms with Crippen LogP contribution in [0.4, 0.5) is 0 Å². The largest absolute Gasteiger partial charge is 0.455 e. The molecule has 118 valence electrons. The average Bonchev–Trinajstić information content (AvgIpc) is 2.50. The molecule has 1 aliphatic carbocycles. The van der Waals surface area contributed by atoms with Gasteiger partial charge in [-0.3, -0.25) is 25.2 Å². The summed E-state index contributed by atoms with van der Waals surface area (Å²) >= 11 is 0. The first-order chi connectivity index (χ1) is 10.5. The molecule has 6 nitrogen and oxygen atoms in total. The second kappa shape index (κ2) is 7.59. The van der Waals surface area contributed by atoms with E-state index in [9.17, 15) is 14.4 Å². The van der Waals surface area contributed by atoms with Crippen molar-refractivity contribution in [2.45, 2.75) is 39.0 Å². The van der Waals surface area contributed by atoms with Gasteiger partial charge in [0.1, 0.15) is 0 Å². The number of hydrazine groups is 1. The second-order valence-corrected chi connectivity index (χ2v) is 5.38. The maximum Gasteiger partial charge on any atom is 0.310 e. The van der Waals surface area contributed by atoms with Crippen LogP contribution in [-0.2, 0) is 38.4 Å². The standard InChI is InChI=1S/C16H20N2O4/c1-11(19)17-18-15(20)10-22-16(21)9-12-6-7-13-4-2-3-5-14(13)8-12/h6-8H,2-5,9-10H2,1H3,(H,17,19)(H,18,20). The van der Waals surface area contributed by atoms with Gasteiger partial charge in [-0.05, 0) is 42.4 Å². The lowest BCUT2D eigenvalue weighted by atomic mass is 9.90. The number of rotatable bonds is 4. The van der Waals surface area contributed by atoms with E-state index in [2.05, 4.69) is 16.9 Å². The van der Waals surface area contributed by atoms with Gasteiger partial charge < -0.3 is 4.74 Å². The third-order valence-electron chi connectivity index (χ3n) is 3.50. The van der Waals surface area contributed by atoms with Crippen molar-refractivity contribution < 1.29 is 19.1 Å². The Morgan fingerprint density at radius 1 is 1.09 bits per heavy atom. The zero-order valence-corrected chi connectivity index (χ0v) is 12.6. The summed E-state index contributed by atoms with van der Waals surface area (Å²) in [6, 6.07) is 6.05. The number of hydrogen-bond donors (Lipinski definition) is 2. The molecular weight excluding hydrogens is 284 g/mol. The molecule has 6 heteroatoms. The minimum absolute atomic E-state index is 0.140. The molecule has 1 aliphatic rings. The van der Waals surface area contributed by atoms with E-state index in [4.69, 9.17) is 4.74 Å². The Balaban J connectivity index is 1.79. The van der Waals surface area contributed by atoms with Gasteiger partial charge in [-0.25, -0.2) is 0 Å². The molecule has 2 N–H and O–H groups in total. The maximum atomic E-state index is 11.7. The molecule has 1 aromatic rings. The number of carbonyl (C=O) groups excluding carboxylic acids is 3. The van der Waals surface area contributed by atoms with Crippen molar-refractivity contribution in [2.75, 3.05) is 6.61 Å². The molecule has 0 radical (unpaired) electrons. The van der Waals surface area contributed by atoms with Crippen molar-refractivity contribution in [2.24, 2.45) is 0 Å². The Morgan fingerprint density at radius 2 is 1.82 bits per heavy atom. The molecular formula is C16H20N2O4. The molecule has 0 spiro atoms. The highest BCUT2D eigenvalue weighted by Gasteiger charge is 2.12. The SMILES string of the molecule is CC(=O)NNC(=O)COC(=O)Cc1ccc2c(c1)CCCC2. The molecule has 1 aromatic carbocycles. The van der Waals surface area contributed by atoms with E-state index < -0.39 is 24.4 Å². The molecule has 0 fully saturated rings. The number of ether oxygens (including phenoxy) is 1. The van der Waals surface area contributed by atoms with E-state index >= 15 is 0 Å². The molecule has 0 atom stereocenters. The maximum absolute atomic E-state index is 11.7. The van der Waals surface area contributed by atoms with Gasteiger partial charge >= 0.3 is 5.97 Å². The van der Waals surface area contributed by atoms with Crippen molar-refractivity contribution in [3.63, 3.8) is 0 Å². The van der Waals surface area contributed by atoms with Crippen LogP contribution in [0.2, 0.25) is 0 Å². The topological polar surface area (TPSA) is 84.5 Å². The van der Waals surface area contributed by atoms with Gasteiger partial charge in [0.25, 0.3) is 5.91 Å². The molecule has 0 aromatic heterocycles. The van der Waals surface area contributed by atoms with Crippen LogP contribution in [-0.4, -0.2) is 24.4 Å². The summed E-state index contributed by atoms with van der Waals surface area (Å²) in [5.41, 5.74) is 7.81. The first-order valence-corrected chi connectivity index (χ1v) is 7.36. The van der Waals surface area contributed by atoms with E-state index in [1.807, 2.05) is 12.1 Å². The van der Waals surface area contributed by atoms with Crippen molar-refractivity contribution in [3.8, 4) is 0 Å². The highest BCUT2D eigenvalue weighted by atomic mass is 16.5. The smallest absolute Gasteiger partial charge is 0.310 e. The molecule has 0 bridgehead atoms. The fraction of sp³-hybridized carbons (Fsp3) is 0.438. The minimum atomic E-state index is -0.575. The van der Waals surface area contributed by atoms with E-state index in [-0.39, 0.29) is 6.42 Å². The summed E-state index contributed by atoms with van der Waals surface area (Å²) in [5.74, 6) is -1.43. The minimum Gasteiger partial charge on any atom is -0.455 e. The zero-order valence-electron chi connectivity index (χ0n) is 12.6. The summed E-state index contributed by atoms with van der Waals surface area (Å²) in [6.45, 7) is 0.854. The van der Waals surface area contributed by atoms with Gasteiger partial charge in [0.05, 0.1) is 6.42 Å². The first kappa shape index (κ1) is 16.0. The third kappa shape index (κ3) is 4.87. The molecule has 0 unspecified atom stereocenters. The monoisotopic (exact) mass is 304 g/mol. The van der Waals surface area contributed by atoms with Crippen LogP contribution < -0.4 is 10.9 Å². The van der Waals surface area contributed by atoms with Crippen LogP contribution in [0, 0.1) is 0 Å². The molecule has 0 aliphatic heterocycles. The van der Waals surface area contributed by atoms with Crippen molar-refractivity contribution >= 4 is 17.8 Å². The number of aryl methyl sites for hydroxylation is 2. The van der Waals surface area contributed by atoms with E-state index in [1.165, 1.54) is 30.9 Å². The molecule has 2 amide bonds. The third-order valence-corrected chi connectivity index (χ3v) is 3.50. The fourth-order valence-corrected chi connectivity index (χ4v) is 2.45. The number of hydrogen-bond acceptors (Lipinski definition) is 4. The molecule has 22 heavy (non-hydrogen) atoms. The molecule has 2 rings (SSSR count). The Hall–Kier alpha value is -2.37. The van der Waals surface area contributed by atoms with Gasteiger partial charge in [-0.15, -0.1) is 0 Å². The summed E-state index contributed by atoms with van der Waals surface area (Å²) in [7, 11) is 0. The Labute approximate surface area is 129 Å². The summed E-state index contributed by atoms with van der Waals surface area (Å²) in [6.07, 6.45) is 4.70.